The minimum atomic E-state index is -0.174. The van der Waals surface area contributed by atoms with Crippen molar-refractivity contribution < 1.29 is 9.53 Å². The van der Waals surface area contributed by atoms with E-state index in [2.05, 4.69) is 20.6 Å². The van der Waals surface area contributed by atoms with Crippen LogP contribution in [0, 0.1) is 6.92 Å². The van der Waals surface area contributed by atoms with Crippen molar-refractivity contribution in [3.05, 3.63) is 41.7 Å². The van der Waals surface area contributed by atoms with Crippen LogP contribution in [0.2, 0.25) is 0 Å². The van der Waals surface area contributed by atoms with E-state index in [-0.39, 0.29) is 18.1 Å². The number of aromatic nitrogens is 2. The van der Waals surface area contributed by atoms with Gasteiger partial charge in [0.25, 0.3) is 5.91 Å². The first-order chi connectivity index (χ1) is 10.7. The van der Waals surface area contributed by atoms with Crippen molar-refractivity contribution >= 4 is 5.91 Å². The first-order valence-electron chi connectivity index (χ1n) is 7.35. The molecular formula is C16H20N4O2. The zero-order valence-electron chi connectivity index (χ0n) is 12.7. The summed E-state index contributed by atoms with van der Waals surface area (Å²) in [6.07, 6.45) is -0.00297. The Balaban J connectivity index is 1.77. The Kier molecular flexibility index (Phi) is 4.22. The number of hydrogen-bond donors (Lipinski definition) is 3. The lowest BCUT2D eigenvalue weighted by atomic mass is 10.2. The Morgan fingerprint density at radius 2 is 2.09 bits per heavy atom. The van der Waals surface area contributed by atoms with E-state index in [1.165, 1.54) is 0 Å². The third kappa shape index (κ3) is 2.88. The molecule has 1 aromatic carbocycles. The summed E-state index contributed by atoms with van der Waals surface area (Å²) in [4.78, 5) is 20.1. The summed E-state index contributed by atoms with van der Waals surface area (Å²) in [5.74, 6) is 0.530. The summed E-state index contributed by atoms with van der Waals surface area (Å²) in [7, 11) is 1.66. The van der Waals surface area contributed by atoms with E-state index < -0.39 is 0 Å². The molecule has 0 saturated carbocycles. The second-order valence-electron chi connectivity index (χ2n) is 5.44. The standard InChI is InChI=1S/C16H20N4O2/c1-10-14(16(21)19-12-8-17-9-13(12)22-2)20-15(18-10)11-6-4-3-5-7-11/h3-7,12-13,17H,8-9H2,1-2H3,(H,18,20)(H,19,21)/t12-,13-/m0/s1. The largest absolute Gasteiger partial charge is 0.378 e. The monoisotopic (exact) mass is 300 g/mol. The van der Waals surface area contributed by atoms with Gasteiger partial charge in [-0.2, -0.15) is 0 Å². The number of benzene rings is 1. The van der Waals surface area contributed by atoms with Gasteiger partial charge in [-0.15, -0.1) is 0 Å². The Morgan fingerprint density at radius 1 is 1.32 bits per heavy atom. The Hall–Kier alpha value is -2.18. The fourth-order valence-corrected chi connectivity index (χ4v) is 2.70. The van der Waals surface area contributed by atoms with Crippen molar-refractivity contribution in [1.82, 2.24) is 20.6 Å². The van der Waals surface area contributed by atoms with E-state index in [0.29, 0.717) is 18.1 Å². The molecular weight excluding hydrogens is 280 g/mol. The highest BCUT2D eigenvalue weighted by Crippen LogP contribution is 2.17. The summed E-state index contributed by atoms with van der Waals surface area (Å²) in [6.45, 7) is 3.31. The number of ether oxygens (including phenoxy) is 1. The molecule has 1 amide bonds. The van der Waals surface area contributed by atoms with Crippen LogP contribution < -0.4 is 10.6 Å². The molecule has 3 N–H and O–H groups in total. The van der Waals surface area contributed by atoms with Crippen LogP contribution in [0.5, 0.6) is 0 Å². The molecule has 3 rings (SSSR count). The second-order valence-corrected chi connectivity index (χ2v) is 5.44. The molecule has 6 nitrogen and oxygen atoms in total. The summed E-state index contributed by atoms with van der Waals surface area (Å²) in [5, 5.41) is 6.20. The van der Waals surface area contributed by atoms with Gasteiger partial charge in [-0.3, -0.25) is 4.79 Å². The molecule has 0 unspecified atom stereocenters. The Bertz CT molecular complexity index is 653. The number of imidazole rings is 1. The van der Waals surface area contributed by atoms with Crippen LogP contribution in [0.4, 0.5) is 0 Å². The number of aromatic amines is 1. The summed E-state index contributed by atoms with van der Waals surface area (Å²) in [5.41, 5.74) is 2.15. The molecule has 0 radical (unpaired) electrons. The number of aryl methyl sites for hydroxylation is 1. The summed E-state index contributed by atoms with van der Waals surface area (Å²) >= 11 is 0. The highest BCUT2D eigenvalue weighted by Gasteiger charge is 2.29. The summed E-state index contributed by atoms with van der Waals surface area (Å²) in [6, 6.07) is 9.73. The maximum absolute atomic E-state index is 12.5. The van der Waals surface area contributed by atoms with Crippen molar-refractivity contribution in [2.45, 2.75) is 19.1 Å². The molecule has 2 aromatic rings. The van der Waals surface area contributed by atoms with Gasteiger partial charge in [-0.05, 0) is 6.92 Å². The predicted molar refractivity (Wildman–Crippen MR) is 83.7 cm³/mol. The van der Waals surface area contributed by atoms with E-state index in [0.717, 1.165) is 17.8 Å². The van der Waals surface area contributed by atoms with Crippen LogP contribution in [-0.4, -0.2) is 48.2 Å². The lowest BCUT2D eigenvalue weighted by Crippen LogP contribution is -2.43. The fourth-order valence-electron chi connectivity index (χ4n) is 2.70. The third-order valence-electron chi connectivity index (χ3n) is 3.92. The van der Waals surface area contributed by atoms with Gasteiger partial charge in [0.2, 0.25) is 0 Å². The van der Waals surface area contributed by atoms with Gasteiger partial charge in [0.1, 0.15) is 11.5 Å². The molecule has 22 heavy (non-hydrogen) atoms. The van der Waals surface area contributed by atoms with Crippen LogP contribution in [0.25, 0.3) is 11.4 Å². The van der Waals surface area contributed by atoms with Crippen molar-refractivity contribution in [1.29, 1.82) is 0 Å². The van der Waals surface area contributed by atoms with E-state index in [4.69, 9.17) is 4.74 Å². The normalized spacial score (nSPS) is 21.0. The average molecular weight is 300 g/mol. The van der Waals surface area contributed by atoms with Gasteiger partial charge in [-0.1, -0.05) is 30.3 Å². The molecule has 0 bridgehead atoms. The van der Waals surface area contributed by atoms with Crippen LogP contribution in [-0.2, 0) is 4.74 Å². The van der Waals surface area contributed by atoms with Crippen LogP contribution in [0.15, 0.2) is 30.3 Å². The highest BCUT2D eigenvalue weighted by atomic mass is 16.5. The zero-order chi connectivity index (χ0) is 15.5. The molecule has 2 atom stereocenters. The topological polar surface area (TPSA) is 79.0 Å². The minimum absolute atomic E-state index is 0.00297. The number of hydrogen-bond acceptors (Lipinski definition) is 4. The van der Waals surface area contributed by atoms with Crippen LogP contribution >= 0.6 is 0 Å². The average Bonchev–Trinajstić information content (AvgIpc) is 3.14. The molecule has 116 valence electrons. The first kappa shape index (κ1) is 14.7. The molecule has 1 fully saturated rings. The summed E-state index contributed by atoms with van der Waals surface area (Å²) < 4.78 is 5.36. The number of amides is 1. The van der Waals surface area contributed by atoms with E-state index in [1.807, 2.05) is 37.3 Å². The fraction of sp³-hybridized carbons (Fsp3) is 0.375. The van der Waals surface area contributed by atoms with Gasteiger partial charge in [0, 0.05) is 31.5 Å². The predicted octanol–water partition coefficient (Wildman–Crippen LogP) is 1.10. The third-order valence-corrected chi connectivity index (χ3v) is 3.92. The van der Waals surface area contributed by atoms with E-state index >= 15 is 0 Å². The molecule has 1 aromatic heterocycles. The van der Waals surface area contributed by atoms with Gasteiger partial charge in [0.05, 0.1) is 12.1 Å². The number of nitrogens with zero attached hydrogens (tertiary/aromatic N) is 1. The quantitative estimate of drug-likeness (QED) is 0.790. The highest BCUT2D eigenvalue weighted by molar-refractivity contribution is 5.94. The minimum Gasteiger partial charge on any atom is -0.378 e. The van der Waals surface area contributed by atoms with Crippen LogP contribution in [0.1, 0.15) is 16.2 Å². The molecule has 1 aliphatic heterocycles. The van der Waals surface area contributed by atoms with Crippen molar-refractivity contribution in [3.63, 3.8) is 0 Å². The Morgan fingerprint density at radius 3 is 2.82 bits per heavy atom. The Labute approximate surface area is 129 Å². The molecule has 0 spiro atoms. The van der Waals surface area contributed by atoms with Crippen molar-refractivity contribution in [3.8, 4) is 11.4 Å². The van der Waals surface area contributed by atoms with Gasteiger partial charge in [-0.25, -0.2) is 4.98 Å². The van der Waals surface area contributed by atoms with Gasteiger partial charge in [0.15, 0.2) is 0 Å². The number of rotatable bonds is 4. The maximum atomic E-state index is 12.5. The van der Waals surface area contributed by atoms with Gasteiger partial charge < -0.3 is 20.4 Å². The lowest BCUT2D eigenvalue weighted by Gasteiger charge is -2.18. The number of carbonyl (C=O) groups excluding carboxylic acids is 1. The molecule has 2 heterocycles. The smallest absolute Gasteiger partial charge is 0.272 e. The molecule has 0 aliphatic carbocycles. The number of H-pyrrole nitrogens is 1. The molecule has 1 saturated heterocycles. The second kappa shape index (κ2) is 6.29. The number of nitrogens with one attached hydrogen (secondary N) is 3. The maximum Gasteiger partial charge on any atom is 0.272 e. The van der Waals surface area contributed by atoms with Crippen molar-refractivity contribution in [2.24, 2.45) is 0 Å². The van der Waals surface area contributed by atoms with Crippen LogP contribution in [0.3, 0.4) is 0 Å². The first-order valence-corrected chi connectivity index (χ1v) is 7.35. The zero-order valence-corrected chi connectivity index (χ0v) is 12.7. The van der Waals surface area contributed by atoms with Gasteiger partial charge >= 0.3 is 0 Å². The van der Waals surface area contributed by atoms with Crippen molar-refractivity contribution in [2.75, 3.05) is 20.2 Å². The lowest BCUT2D eigenvalue weighted by molar-refractivity contribution is 0.0776. The number of carbonyl (C=O) groups is 1. The number of methoxy groups -OCH3 is 1. The molecule has 6 heteroatoms. The molecule has 1 aliphatic rings. The SMILES string of the molecule is CO[C@H]1CNC[C@@H]1NC(=O)c1nc(-c2ccccc2)[nH]c1C. The van der Waals surface area contributed by atoms with E-state index in [1.54, 1.807) is 7.11 Å². The van der Waals surface area contributed by atoms with E-state index in [9.17, 15) is 4.79 Å².